The molecule has 0 aliphatic carbocycles. The predicted molar refractivity (Wildman–Crippen MR) is 112 cm³/mol. The summed E-state index contributed by atoms with van der Waals surface area (Å²) in [4.78, 5) is 30.1. The van der Waals surface area contributed by atoms with E-state index in [2.05, 4.69) is 31.0 Å². The zero-order valence-electron chi connectivity index (χ0n) is 17.3. The summed E-state index contributed by atoms with van der Waals surface area (Å²) < 4.78 is 4.42. The van der Waals surface area contributed by atoms with Gasteiger partial charge in [0.1, 0.15) is 0 Å². The Labute approximate surface area is 164 Å². The molecule has 0 amide bonds. The summed E-state index contributed by atoms with van der Waals surface area (Å²) in [6.45, 7) is 7.16. The van der Waals surface area contributed by atoms with Gasteiger partial charge in [-0.1, -0.05) is 24.6 Å². The van der Waals surface area contributed by atoms with Crippen molar-refractivity contribution < 1.29 is 0 Å². The minimum absolute atomic E-state index is 0.251. The molecule has 0 aliphatic rings. The predicted octanol–water partition coefficient (Wildman–Crippen LogP) is 1.63. The molecule has 0 saturated carbocycles. The smallest absolute Gasteiger partial charge is 0.330 e. The quantitative estimate of drug-likeness (QED) is 0.701. The molecule has 2 N–H and O–H groups in total. The van der Waals surface area contributed by atoms with Gasteiger partial charge < -0.3 is 10.3 Å². The van der Waals surface area contributed by atoms with E-state index >= 15 is 0 Å². The van der Waals surface area contributed by atoms with Crippen molar-refractivity contribution in [2.24, 2.45) is 25.7 Å². The Kier molecular flexibility index (Phi) is 5.56. The van der Waals surface area contributed by atoms with Crippen molar-refractivity contribution in [3.8, 4) is 0 Å². The molecular weight excluding hydrogens is 354 g/mol. The lowest BCUT2D eigenvalue weighted by molar-refractivity contribution is 0.541. The molecule has 150 valence electrons. The Morgan fingerprint density at radius 2 is 1.89 bits per heavy atom. The van der Waals surface area contributed by atoms with Crippen molar-refractivity contribution in [2.45, 2.75) is 40.2 Å². The lowest BCUT2D eigenvalue weighted by Gasteiger charge is -2.17. The molecule has 0 bridgehead atoms. The van der Waals surface area contributed by atoms with Gasteiger partial charge in [-0.3, -0.25) is 13.9 Å². The minimum atomic E-state index is -0.350. The third-order valence-corrected chi connectivity index (χ3v) is 5.53. The van der Waals surface area contributed by atoms with Crippen LogP contribution < -0.4 is 17.0 Å². The first-order chi connectivity index (χ1) is 13.2. The Morgan fingerprint density at radius 1 is 1.18 bits per heavy atom. The van der Waals surface area contributed by atoms with E-state index in [0.29, 0.717) is 23.6 Å². The number of rotatable bonds is 6. The summed E-state index contributed by atoms with van der Waals surface area (Å²) in [6, 6.07) is 4.23. The minimum Gasteiger partial charge on any atom is -0.330 e. The topological polar surface area (TPSA) is 87.8 Å². The highest BCUT2D eigenvalue weighted by molar-refractivity contribution is 5.69. The maximum Gasteiger partial charge on any atom is 0.332 e. The van der Waals surface area contributed by atoms with Gasteiger partial charge in [0.25, 0.3) is 5.56 Å². The molecule has 1 aromatic carbocycles. The number of hydrogen-bond donors (Lipinski definition) is 1. The van der Waals surface area contributed by atoms with Gasteiger partial charge in [-0.05, 0) is 55.8 Å². The average molecular weight is 383 g/mol. The van der Waals surface area contributed by atoms with E-state index in [1.807, 2.05) is 6.92 Å². The van der Waals surface area contributed by atoms with Gasteiger partial charge in [-0.15, -0.1) is 0 Å². The Hall–Kier alpha value is -2.67. The van der Waals surface area contributed by atoms with E-state index in [4.69, 9.17) is 5.73 Å². The molecular formula is C21H29N5O2. The Bertz CT molecular complexity index is 1140. The van der Waals surface area contributed by atoms with Gasteiger partial charge in [-0.25, -0.2) is 9.78 Å². The molecule has 2 aromatic heterocycles. The first-order valence-corrected chi connectivity index (χ1v) is 9.64. The van der Waals surface area contributed by atoms with Gasteiger partial charge >= 0.3 is 5.69 Å². The monoisotopic (exact) mass is 383 g/mol. The van der Waals surface area contributed by atoms with Crippen LogP contribution in [0.3, 0.4) is 0 Å². The fraction of sp³-hybridized carbons (Fsp3) is 0.476. The molecule has 0 aliphatic heterocycles. The van der Waals surface area contributed by atoms with Crippen LogP contribution in [0.5, 0.6) is 0 Å². The van der Waals surface area contributed by atoms with E-state index < -0.39 is 0 Å². The number of hydrogen-bond acceptors (Lipinski definition) is 4. The molecule has 7 heteroatoms. The SMILES string of the molecule is Cc1cc(C)c(CCC(C)CN)c(Cn2c(=O)c3c(ncn3C)n(C)c2=O)c1. The molecule has 1 unspecified atom stereocenters. The summed E-state index contributed by atoms with van der Waals surface area (Å²) in [5.74, 6) is 0.426. The molecule has 0 spiro atoms. The summed E-state index contributed by atoms with van der Waals surface area (Å²) in [5, 5.41) is 0. The van der Waals surface area contributed by atoms with Crippen molar-refractivity contribution in [3.05, 3.63) is 61.6 Å². The lowest BCUT2D eigenvalue weighted by Crippen LogP contribution is -2.40. The number of nitrogens with zero attached hydrogens (tertiary/aromatic N) is 4. The average Bonchev–Trinajstić information content (AvgIpc) is 3.04. The van der Waals surface area contributed by atoms with Gasteiger partial charge in [-0.2, -0.15) is 0 Å². The third-order valence-electron chi connectivity index (χ3n) is 5.53. The third kappa shape index (κ3) is 3.54. The number of aryl methyl sites for hydroxylation is 4. The van der Waals surface area contributed by atoms with Crippen LogP contribution in [0.25, 0.3) is 11.2 Å². The van der Waals surface area contributed by atoms with E-state index in [9.17, 15) is 9.59 Å². The van der Waals surface area contributed by atoms with E-state index in [1.54, 1.807) is 25.0 Å². The summed E-state index contributed by atoms with van der Waals surface area (Å²) in [6.07, 6.45) is 3.41. The number of aromatic nitrogens is 4. The van der Waals surface area contributed by atoms with E-state index in [0.717, 1.165) is 24.0 Å². The molecule has 28 heavy (non-hydrogen) atoms. The van der Waals surface area contributed by atoms with Crippen molar-refractivity contribution >= 4 is 11.2 Å². The first kappa shape index (κ1) is 20.1. The maximum atomic E-state index is 13.1. The van der Waals surface area contributed by atoms with Crippen LogP contribution in [0, 0.1) is 19.8 Å². The normalized spacial score (nSPS) is 12.6. The number of nitrogens with two attached hydrogens (primary N) is 1. The number of imidazole rings is 1. The summed E-state index contributed by atoms with van der Waals surface area (Å²) in [7, 11) is 3.42. The standard InChI is InChI=1S/C21H29N5O2/c1-13(10-22)6-7-17-15(3)8-14(2)9-16(17)11-26-20(27)18-19(23-12-24(18)4)25(5)21(26)28/h8-9,12-13H,6-7,10-11,22H2,1-5H3. The molecule has 2 heterocycles. The highest BCUT2D eigenvalue weighted by Crippen LogP contribution is 2.21. The molecule has 0 saturated heterocycles. The maximum absolute atomic E-state index is 13.1. The highest BCUT2D eigenvalue weighted by atomic mass is 16.2. The van der Waals surface area contributed by atoms with Crippen LogP contribution in [-0.4, -0.2) is 25.2 Å². The lowest BCUT2D eigenvalue weighted by atomic mass is 9.92. The van der Waals surface area contributed by atoms with Crippen molar-refractivity contribution in [1.82, 2.24) is 18.7 Å². The molecule has 1 atom stereocenters. The zero-order valence-corrected chi connectivity index (χ0v) is 17.3. The van der Waals surface area contributed by atoms with Gasteiger partial charge in [0.15, 0.2) is 11.2 Å². The fourth-order valence-electron chi connectivity index (χ4n) is 3.80. The van der Waals surface area contributed by atoms with Crippen molar-refractivity contribution in [1.29, 1.82) is 0 Å². The highest BCUT2D eigenvalue weighted by Gasteiger charge is 2.17. The molecule has 3 aromatic rings. The van der Waals surface area contributed by atoms with Crippen LogP contribution >= 0.6 is 0 Å². The number of fused-ring (bicyclic) bond motifs is 1. The van der Waals surface area contributed by atoms with E-state index in [1.165, 1.54) is 20.3 Å². The fourth-order valence-corrected chi connectivity index (χ4v) is 3.80. The summed E-state index contributed by atoms with van der Waals surface area (Å²) >= 11 is 0. The van der Waals surface area contributed by atoms with E-state index in [-0.39, 0.29) is 17.8 Å². The molecule has 7 nitrogen and oxygen atoms in total. The van der Waals surface area contributed by atoms with Crippen molar-refractivity contribution in [3.63, 3.8) is 0 Å². The van der Waals surface area contributed by atoms with Crippen LogP contribution in [0.15, 0.2) is 28.0 Å². The van der Waals surface area contributed by atoms with Gasteiger partial charge in [0.05, 0.1) is 12.9 Å². The first-order valence-electron chi connectivity index (χ1n) is 9.64. The Balaban J connectivity index is 2.13. The van der Waals surface area contributed by atoms with Crippen LogP contribution in [-0.2, 0) is 27.1 Å². The van der Waals surface area contributed by atoms with Crippen LogP contribution in [0.2, 0.25) is 0 Å². The van der Waals surface area contributed by atoms with Gasteiger partial charge in [0.2, 0.25) is 0 Å². The second-order valence-corrected chi connectivity index (χ2v) is 7.86. The number of benzene rings is 1. The summed E-state index contributed by atoms with van der Waals surface area (Å²) in [5.41, 5.74) is 10.5. The molecule has 3 rings (SSSR count). The van der Waals surface area contributed by atoms with Crippen LogP contribution in [0.1, 0.15) is 35.6 Å². The van der Waals surface area contributed by atoms with Gasteiger partial charge in [0, 0.05) is 14.1 Å². The second kappa shape index (κ2) is 7.75. The van der Waals surface area contributed by atoms with Crippen molar-refractivity contribution in [2.75, 3.05) is 6.54 Å². The molecule has 0 fully saturated rings. The van der Waals surface area contributed by atoms with Crippen LogP contribution in [0.4, 0.5) is 0 Å². The Morgan fingerprint density at radius 3 is 2.57 bits per heavy atom. The second-order valence-electron chi connectivity index (χ2n) is 7.86. The molecule has 0 radical (unpaired) electrons. The largest absolute Gasteiger partial charge is 0.332 e. The zero-order chi connectivity index (χ0) is 20.6.